The lowest BCUT2D eigenvalue weighted by atomic mass is 9.87. The van der Waals surface area contributed by atoms with Crippen molar-refractivity contribution >= 4 is 69.1 Å². The molecule has 2 amide bonds. The van der Waals surface area contributed by atoms with Gasteiger partial charge < -0.3 is 50.9 Å². The van der Waals surface area contributed by atoms with Gasteiger partial charge in [-0.05, 0) is 19.3 Å². The number of phosphoric ester groups is 3. The largest absolute Gasteiger partial charge is 0.481 e. The van der Waals surface area contributed by atoms with Gasteiger partial charge in [0.05, 0.1) is 19.5 Å². The molecule has 24 nitrogen and oxygen atoms in total. The number of carbonyl (C=O) groups is 3. The van der Waals surface area contributed by atoms with Crippen LogP contribution in [-0.2, 0) is 50.7 Å². The Morgan fingerprint density at radius 1 is 0.923 bits per heavy atom. The second-order valence-electron chi connectivity index (χ2n) is 15.9. The molecule has 370 valence electrons. The van der Waals surface area contributed by atoms with E-state index in [-0.39, 0.29) is 41.6 Å². The Morgan fingerprint density at radius 3 is 2.25 bits per heavy atom. The molecule has 2 aromatic rings. The molecule has 0 aromatic carbocycles. The molecule has 1 saturated heterocycles. The fourth-order valence-electron chi connectivity index (χ4n) is 6.38. The van der Waals surface area contributed by atoms with Crippen molar-refractivity contribution in [2.24, 2.45) is 5.41 Å². The maximum Gasteiger partial charge on any atom is 0.481 e. The Kier molecular flexibility index (Phi) is 23.8. The minimum atomic E-state index is -5.57. The molecule has 3 rings (SSSR count). The number of hydrogen-bond donors (Lipinski definition) is 9. The van der Waals surface area contributed by atoms with Crippen LogP contribution in [0, 0.1) is 5.41 Å². The van der Waals surface area contributed by atoms with Crippen molar-refractivity contribution in [1.82, 2.24) is 30.2 Å². The zero-order valence-electron chi connectivity index (χ0n) is 36.7. The minimum absolute atomic E-state index is 0.0175. The number of imidazole rings is 1. The van der Waals surface area contributed by atoms with Gasteiger partial charge in [0.2, 0.25) is 11.8 Å². The van der Waals surface area contributed by atoms with E-state index in [1.807, 2.05) is 6.08 Å². The number of nitrogen functional groups attached to an aromatic ring is 1. The average Bonchev–Trinajstić information content (AvgIpc) is 3.79. The third-order valence-corrected chi connectivity index (χ3v) is 14.0. The summed E-state index contributed by atoms with van der Waals surface area (Å²) in [4.78, 5) is 88.2. The van der Waals surface area contributed by atoms with Crippen LogP contribution in [0.4, 0.5) is 5.82 Å². The number of amides is 2. The third kappa shape index (κ3) is 20.6. The number of carbonyl (C=O) groups excluding carboxylic acids is 3. The molecule has 0 radical (unpaired) electrons. The van der Waals surface area contributed by atoms with Crippen molar-refractivity contribution in [3.8, 4) is 0 Å². The molecule has 1 aliphatic rings. The van der Waals surface area contributed by atoms with Gasteiger partial charge in [0.15, 0.2) is 22.8 Å². The van der Waals surface area contributed by atoms with Crippen LogP contribution in [0.5, 0.6) is 0 Å². The first kappa shape index (κ1) is 56.6. The first-order valence-electron chi connectivity index (χ1n) is 21.3. The Morgan fingerprint density at radius 2 is 1.57 bits per heavy atom. The number of aromatic nitrogens is 4. The first-order valence-corrected chi connectivity index (χ1v) is 26.8. The number of rotatable bonds is 32. The molecule has 65 heavy (non-hydrogen) atoms. The Bertz CT molecular complexity index is 2010. The monoisotopic (exact) mass is 1000 g/mol. The molecule has 0 bridgehead atoms. The van der Waals surface area contributed by atoms with Gasteiger partial charge in [-0.15, -0.1) is 0 Å². The molecule has 2 unspecified atom stereocenters. The van der Waals surface area contributed by atoms with Crippen molar-refractivity contribution in [3.63, 3.8) is 0 Å². The number of thioether (sulfide) groups is 1. The molecule has 10 N–H and O–H groups in total. The highest BCUT2D eigenvalue weighted by molar-refractivity contribution is 8.13. The Labute approximate surface area is 381 Å². The summed E-state index contributed by atoms with van der Waals surface area (Å²) in [6.45, 7) is 2.76. The number of hydrogen-bond acceptors (Lipinski definition) is 18. The van der Waals surface area contributed by atoms with Crippen LogP contribution in [-0.4, -0.2) is 123 Å². The van der Waals surface area contributed by atoms with E-state index in [9.17, 15) is 57.9 Å². The van der Waals surface area contributed by atoms with E-state index < -0.39 is 84.6 Å². The van der Waals surface area contributed by atoms with E-state index in [0.29, 0.717) is 18.6 Å². The number of nitrogens with two attached hydrogens (primary N) is 1. The predicted octanol–water partition coefficient (Wildman–Crippen LogP) is 3.92. The van der Waals surface area contributed by atoms with Crippen LogP contribution in [0.2, 0.25) is 0 Å². The van der Waals surface area contributed by atoms with Crippen LogP contribution >= 0.6 is 35.2 Å². The molecule has 0 saturated carbocycles. The lowest BCUT2D eigenvalue weighted by Gasteiger charge is -2.30. The number of aliphatic hydroxyl groups excluding tert-OH is 2. The van der Waals surface area contributed by atoms with E-state index >= 15 is 0 Å². The van der Waals surface area contributed by atoms with Gasteiger partial charge in [0.25, 0.3) is 0 Å². The molecule has 7 atom stereocenters. The first-order chi connectivity index (χ1) is 30.6. The summed E-state index contributed by atoms with van der Waals surface area (Å²) in [7, 11) is -16.4. The van der Waals surface area contributed by atoms with Gasteiger partial charge >= 0.3 is 23.5 Å². The minimum Gasteiger partial charge on any atom is -0.386 e. The zero-order valence-corrected chi connectivity index (χ0v) is 40.2. The molecule has 3 heterocycles. The van der Waals surface area contributed by atoms with Gasteiger partial charge in [0.1, 0.15) is 36.3 Å². The Hall–Kier alpha value is -2.70. The summed E-state index contributed by atoms with van der Waals surface area (Å²) in [6.07, 6.45) is 10.8. The lowest BCUT2D eigenvalue weighted by Crippen LogP contribution is -2.46. The van der Waals surface area contributed by atoms with Gasteiger partial charge in [0, 0.05) is 37.1 Å². The second kappa shape index (κ2) is 27.3. The highest BCUT2D eigenvalue weighted by Gasteiger charge is 2.50. The summed E-state index contributed by atoms with van der Waals surface area (Å²) in [5, 5.41) is 26.6. The van der Waals surface area contributed by atoms with E-state index in [1.54, 1.807) is 0 Å². The van der Waals surface area contributed by atoms with Crippen molar-refractivity contribution in [2.45, 2.75) is 135 Å². The molecule has 28 heteroatoms. The Balaban J connectivity index is 1.34. The van der Waals surface area contributed by atoms with Crippen molar-refractivity contribution in [2.75, 3.05) is 37.8 Å². The fourth-order valence-corrected chi connectivity index (χ4v) is 9.90. The number of nitrogens with zero attached hydrogens (tertiary/aromatic N) is 4. The highest BCUT2D eigenvalue weighted by Crippen LogP contribution is 2.61. The second-order valence-corrected chi connectivity index (χ2v) is 21.3. The van der Waals surface area contributed by atoms with Gasteiger partial charge in [-0.2, -0.15) is 4.31 Å². The number of ether oxygens (including phenoxy) is 1. The lowest BCUT2D eigenvalue weighted by molar-refractivity contribution is -0.137. The topological polar surface area (TPSA) is 364 Å². The van der Waals surface area contributed by atoms with Gasteiger partial charge in [-0.1, -0.05) is 96.1 Å². The number of unbranched alkanes of at least 4 members (excludes halogenated alkanes) is 9. The third-order valence-electron chi connectivity index (χ3n) is 9.92. The molecule has 1 fully saturated rings. The summed E-state index contributed by atoms with van der Waals surface area (Å²) < 4.78 is 62.4. The standard InChI is InChI=1S/C37H64N7O17P3S/c1-4-5-6-7-8-9-10-11-12-13-14-15-16-17-28(46)65-21-20-39-27(45)18-19-40-35(49)32(48)37(2,3)23-58-64(55,56)61-63(53,54)57-22-26-31(60-62(50,51)52)30(47)36(59-26)44-25-43-29-33(38)41-24-42-34(29)44/h14-15,24-26,30-32,36,47-48H,4-13,16-23H2,1-3H3,(H,39,45)(H,40,49)(H,53,54)(H,55,56)(H2,38,41,42)(H2,50,51,52)/b15-14-/t26-,30-,31-,32+,36-/m1/s1. The summed E-state index contributed by atoms with van der Waals surface area (Å²) in [5.41, 5.74) is 4.28. The van der Waals surface area contributed by atoms with Gasteiger partial charge in [-0.3, -0.25) is 32.5 Å². The van der Waals surface area contributed by atoms with Crippen LogP contribution < -0.4 is 16.4 Å². The summed E-state index contributed by atoms with van der Waals surface area (Å²) in [6, 6.07) is 0. The fraction of sp³-hybridized carbons (Fsp3) is 0.730. The molecule has 0 spiro atoms. The maximum atomic E-state index is 12.7. The molecular formula is C37H64N7O17P3S. The van der Waals surface area contributed by atoms with Crippen molar-refractivity contribution in [3.05, 3.63) is 24.8 Å². The van der Waals surface area contributed by atoms with Crippen LogP contribution in [0.15, 0.2) is 24.8 Å². The molecular weight excluding hydrogens is 939 g/mol. The number of anilines is 1. The normalized spacial score (nSPS) is 20.4. The van der Waals surface area contributed by atoms with Crippen LogP contribution in [0.25, 0.3) is 11.2 Å². The van der Waals surface area contributed by atoms with Gasteiger partial charge in [-0.25, -0.2) is 28.6 Å². The van der Waals surface area contributed by atoms with E-state index in [0.717, 1.165) is 41.8 Å². The SMILES string of the molecule is CCCCCCCCCCC/C=C\CCC(=O)SCCNC(=O)CCNC(=O)[C@H](O)C(C)(C)COP(=O)(O)OP(=O)(O)OC[C@H]1O[C@@H](n2cnc3c(N)ncnc32)[C@H](O)[C@@H]1OP(=O)(O)O. The van der Waals surface area contributed by atoms with Crippen LogP contribution in [0.3, 0.4) is 0 Å². The van der Waals surface area contributed by atoms with Crippen molar-refractivity contribution < 1.29 is 80.5 Å². The molecule has 0 aliphatic carbocycles. The molecule has 2 aromatic heterocycles. The quantitative estimate of drug-likeness (QED) is 0.0285. The van der Waals surface area contributed by atoms with E-state index in [1.165, 1.54) is 65.2 Å². The zero-order chi connectivity index (χ0) is 48.3. The van der Waals surface area contributed by atoms with E-state index in [4.69, 9.17) is 19.5 Å². The highest BCUT2D eigenvalue weighted by atomic mass is 32.2. The number of nitrogens with one attached hydrogen (secondary N) is 2. The smallest absolute Gasteiger partial charge is 0.386 e. The average molecular weight is 1000 g/mol. The van der Waals surface area contributed by atoms with Crippen molar-refractivity contribution in [1.29, 1.82) is 0 Å². The predicted molar refractivity (Wildman–Crippen MR) is 237 cm³/mol. The summed E-state index contributed by atoms with van der Waals surface area (Å²) >= 11 is 1.12. The number of allylic oxidation sites excluding steroid dienone is 2. The number of phosphoric acid groups is 3. The van der Waals surface area contributed by atoms with E-state index in [2.05, 4.69) is 47.4 Å². The molecule has 1 aliphatic heterocycles. The number of fused-ring (bicyclic) bond motifs is 1. The number of aliphatic hydroxyl groups is 2. The van der Waals surface area contributed by atoms with Crippen LogP contribution in [0.1, 0.15) is 110 Å². The maximum absolute atomic E-state index is 12.7. The summed E-state index contributed by atoms with van der Waals surface area (Å²) in [5.74, 6) is -1.06.